The number of aliphatic hydroxyl groups excluding tert-OH is 1. The minimum absolute atomic E-state index is 0.137. The van der Waals surface area contributed by atoms with Crippen LogP contribution in [0.4, 0.5) is 5.95 Å². The van der Waals surface area contributed by atoms with Gasteiger partial charge >= 0.3 is 0 Å². The van der Waals surface area contributed by atoms with Gasteiger partial charge in [-0.1, -0.05) is 0 Å². The third-order valence-electron chi connectivity index (χ3n) is 2.24. The zero-order chi connectivity index (χ0) is 9.26. The first-order valence-corrected chi connectivity index (χ1v) is 4.48. The van der Waals surface area contributed by atoms with Gasteiger partial charge in [0.15, 0.2) is 0 Å². The standard InChI is InChI=1S/C9H13N3O/c1-6-2-3-10-9(11-6)12-7-4-8(13)5-7/h2-3,7-8,13H,4-5H2,1H3,(H,10,11,12). The summed E-state index contributed by atoms with van der Waals surface area (Å²) in [5, 5.41) is 12.2. The van der Waals surface area contributed by atoms with E-state index in [1.54, 1.807) is 6.20 Å². The molecule has 0 saturated heterocycles. The number of rotatable bonds is 2. The van der Waals surface area contributed by atoms with E-state index in [4.69, 9.17) is 5.11 Å². The highest BCUT2D eigenvalue weighted by atomic mass is 16.3. The molecule has 0 spiro atoms. The molecule has 1 aliphatic rings. The Bertz CT molecular complexity index is 297. The highest BCUT2D eigenvalue weighted by Crippen LogP contribution is 2.22. The molecule has 0 aromatic carbocycles. The van der Waals surface area contributed by atoms with Crippen molar-refractivity contribution in [2.24, 2.45) is 0 Å². The van der Waals surface area contributed by atoms with Gasteiger partial charge in [0.05, 0.1) is 6.10 Å². The number of aromatic nitrogens is 2. The van der Waals surface area contributed by atoms with E-state index in [1.165, 1.54) is 0 Å². The van der Waals surface area contributed by atoms with E-state index in [2.05, 4.69) is 15.3 Å². The molecule has 0 atom stereocenters. The molecule has 1 fully saturated rings. The molecule has 1 aromatic heterocycles. The summed E-state index contributed by atoms with van der Waals surface area (Å²) >= 11 is 0. The Balaban J connectivity index is 1.94. The number of hydrogen-bond acceptors (Lipinski definition) is 4. The van der Waals surface area contributed by atoms with E-state index in [0.717, 1.165) is 18.5 Å². The molecule has 0 bridgehead atoms. The van der Waals surface area contributed by atoms with Crippen LogP contribution in [0, 0.1) is 6.92 Å². The van der Waals surface area contributed by atoms with E-state index >= 15 is 0 Å². The van der Waals surface area contributed by atoms with Crippen molar-refractivity contribution in [3.63, 3.8) is 0 Å². The summed E-state index contributed by atoms with van der Waals surface area (Å²) in [7, 11) is 0. The largest absolute Gasteiger partial charge is 0.393 e. The first-order chi connectivity index (χ1) is 6.24. The van der Waals surface area contributed by atoms with Crippen LogP contribution >= 0.6 is 0 Å². The molecule has 0 amide bonds. The van der Waals surface area contributed by atoms with Crippen LogP contribution in [0.25, 0.3) is 0 Å². The molecule has 2 rings (SSSR count). The van der Waals surface area contributed by atoms with Crippen molar-refractivity contribution in [1.82, 2.24) is 9.97 Å². The van der Waals surface area contributed by atoms with Crippen LogP contribution in [-0.4, -0.2) is 27.2 Å². The zero-order valence-corrected chi connectivity index (χ0v) is 7.57. The molecule has 1 saturated carbocycles. The number of hydrogen-bond donors (Lipinski definition) is 2. The van der Waals surface area contributed by atoms with Crippen LogP contribution in [0.3, 0.4) is 0 Å². The van der Waals surface area contributed by atoms with Crippen molar-refractivity contribution in [3.05, 3.63) is 18.0 Å². The van der Waals surface area contributed by atoms with E-state index in [9.17, 15) is 0 Å². The minimum Gasteiger partial charge on any atom is -0.393 e. The van der Waals surface area contributed by atoms with Gasteiger partial charge < -0.3 is 10.4 Å². The maximum absolute atomic E-state index is 9.07. The van der Waals surface area contributed by atoms with Crippen LogP contribution in [0.2, 0.25) is 0 Å². The summed E-state index contributed by atoms with van der Waals surface area (Å²) in [4.78, 5) is 8.30. The van der Waals surface area contributed by atoms with Gasteiger partial charge in [-0.05, 0) is 25.8 Å². The zero-order valence-electron chi connectivity index (χ0n) is 7.57. The Morgan fingerprint density at radius 1 is 1.54 bits per heavy atom. The lowest BCUT2D eigenvalue weighted by Crippen LogP contribution is -2.39. The smallest absolute Gasteiger partial charge is 0.223 e. The summed E-state index contributed by atoms with van der Waals surface area (Å²) < 4.78 is 0. The van der Waals surface area contributed by atoms with Crippen molar-refractivity contribution >= 4 is 5.95 Å². The molecular formula is C9H13N3O. The van der Waals surface area contributed by atoms with Crippen LogP contribution < -0.4 is 5.32 Å². The molecule has 0 unspecified atom stereocenters. The lowest BCUT2D eigenvalue weighted by Gasteiger charge is -2.31. The van der Waals surface area contributed by atoms with Crippen LogP contribution in [0.5, 0.6) is 0 Å². The van der Waals surface area contributed by atoms with Gasteiger partial charge in [-0.15, -0.1) is 0 Å². The molecule has 70 valence electrons. The summed E-state index contributed by atoms with van der Waals surface area (Å²) in [6.07, 6.45) is 3.20. The van der Waals surface area contributed by atoms with E-state index in [-0.39, 0.29) is 6.10 Å². The van der Waals surface area contributed by atoms with Crippen molar-refractivity contribution in [1.29, 1.82) is 0 Å². The van der Waals surface area contributed by atoms with Gasteiger partial charge in [0.2, 0.25) is 5.95 Å². The molecule has 1 aromatic rings. The molecule has 4 nitrogen and oxygen atoms in total. The molecular weight excluding hydrogens is 166 g/mol. The van der Waals surface area contributed by atoms with Gasteiger partial charge in [-0.3, -0.25) is 0 Å². The average molecular weight is 179 g/mol. The Labute approximate surface area is 77.0 Å². The number of aryl methyl sites for hydroxylation is 1. The van der Waals surface area contributed by atoms with Crippen molar-refractivity contribution in [2.45, 2.75) is 31.9 Å². The van der Waals surface area contributed by atoms with Gasteiger partial charge in [0.1, 0.15) is 0 Å². The Hall–Kier alpha value is -1.16. The molecule has 0 radical (unpaired) electrons. The van der Waals surface area contributed by atoms with Crippen molar-refractivity contribution in [2.75, 3.05) is 5.32 Å². The number of nitrogens with zero attached hydrogens (tertiary/aromatic N) is 2. The summed E-state index contributed by atoms with van der Waals surface area (Å²) in [6.45, 7) is 1.93. The van der Waals surface area contributed by atoms with Crippen LogP contribution in [0.1, 0.15) is 18.5 Å². The number of aliphatic hydroxyl groups is 1. The quantitative estimate of drug-likeness (QED) is 0.702. The minimum atomic E-state index is -0.137. The molecule has 0 aliphatic heterocycles. The fraction of sp³-hybridized carbons (Fsp3) is 0.556. The maximum Gasteiger partial charge on any atom is 0.223 e. The summed E-state index contributed by atoms with van der Waals surface area (Å²) in [6, 6.07) is 2.21. The molecule has 4 heteroatoms. The maximum atomic E-state index is 9.07. The third kappa shape index (κ3) is 1.95. The Morgan fingerprint density at radius 2 is 2.31 bits per heavy atom. The second kappa shape index (κ2) is 3.30. The Morgan fingerprint density at radius 3 is 2.92 bits per heavy atom. The number of anilines is 1. The highest BCUT2D eigenvalue weighted by Gasteiger charge is 2.27. The summed E-state index contributed by atoms with van der Waals surface area (Å²) in [5.41, 5.74) is 0.956. The highest BCUT2D eigenvalue weighted by molar-refractivity contribution is 5.27. The van der Waals surface area contributed by atoms with Gasteiger partial charge in [-0.2, -0.15) is 0 Å². The first-order valence-electron chi connectivity index (χ1n) is 4.48. The van der Waals surface area contributed by atoms with Crippen molar-refractivity contribution in [3.8, 4) is 0 Å². The fourth-order valence-electron chi connectivity index (χ4n) is 1.41. The van der Waals surface area contributed by atoms with Gasteiger partial charge in [0, 0.05) is 17.9 Å². The predicted molar refractivity (Wildman–Crippen MR) is 49.4 cm³/mol. The normalized spacial score (nSPS) is 26.6. The monoisotopic (exact) mass is 179 g/mol. The van der Waals surface area contributed by atoms with Gasteiger partial charge in [0.25, 0.3) is 0 Å². The third-order valence-corrected chi connectivity index (χ3v) is 2.24. The molecule has 1 aliphatic carbocycles. The second-order valence-corrected chi connectivity index (χ2v) is 3.49. The topological polar surface area (TPSA) is 58.0 Å². The van der Waals surface area contributed by atoms with Crippen molar-refractivity contribution < 1.29 is 5.11 Å². The predicted octanol–water partition coefficient (Wildman–Crippen LogP) is 0.720. The molecule has 2 N–H and O–H groups in total. The lowest BCUT2D eigenvalue weighted by molar-refractivity contribution is 0.0834. The molecule has 13 heavy (non-hydrogen) atoms. The van der Waals surface area contributed by atoms with Crippen LogP contribution in [0.15, 0.2) is 12.3 Å². The number of nitrogens with one attached hydrogen (secondary N) is 1. The Kier molecular flexibility index (Phi) is 2.14. The average Bonchev–Trinajstić information content (AvgIpc) is 2.01. The summed E-state index contributed by atoms with van der Waals surface area (Å²) in [5.74, 6) is 0.664. The van der Waals surface area contributed by atoms with Crippen LogP contribution in [-0.2, 0) is 0 Å². The van der Waals surface area contributed by atoms with E-state index in [0.29, 0.717) is 12.0 Å². The second-order valence-electron chi connectivity index (χ2n) is 3.49. The van der Waals surface area contributed by atoms with E-state index in [1.807, 2.05) is 13.0 Å². The van der Waals surface area contributed by atoms with Gasteiger partial charge in [-0.25, -0.2) is 9.97 Å². The van der Waals surface area contributed by atoms with E-state index < -0.39 is 0 Å². The SMILES string of the molecule is Cc1ccnc(NC2CC(O)C2)n1. The lowest BCUT2D eigenvalue weighted by atomic mass is 9.90. The molecule has 1 heterocycles. The first kappa shape index (κ1) is 8.44. The fourth-order valence-corrected chi connectivity index (χ4v) is 1.41.